The Labute approximate surface area is 181 Å². The molecule has 3 rings (SSSR count). The first-order valence-corrected chi connectivity index (χ1v) is 11.5. The zero-order chi connectivity index (χ0) is 22.4. The van der Waals surface area contributed by atoms with Crippen LogP contribution in [0.25, 0.3) is 0 Å². The van der Waals surface area contributed by atoms with Gasteiger partial charge in [-0.2, -0.15) is 0 Å². The molecule has 0 N–H and O–H groups in total. The molecule has 0 amide bonds. The number of aryl methyl sites for hydroxylation is 1. The summed E-state index contributed by atoms with van der Waals surface area (Å²) in [7, 11) is 0. The first-order valence-electron chi connectivity index (χ1n) is 11.5. The highest BCUT2D eigenvalue weighted by atomic mass is 16.6. The van der Waals surface area contributed by atoms with Crippen LogP contribution in [0.5, 0.6) is 11.5 Å². The van der Waals surface area contributed by atoms with Crippen molar-refractivity contribution >= 4 is 11.9 Å². The molecule has 0 heterocycles. The van der Waals surface area contributed by atoms with Crippen molar-refractivity contribution in [1.29, 1.82) is 0 Å². The Kier molecular flexibility index (Phi) is 6.10. The summed E-state index contributed by atoms with van der Waals surface area (Å²) in [6, 6.07) is 2.22. The SMILES string of the molecule is CC(=O)Oc1c(C(C)C)cc2c(c1OC(C)=O)[C@@]1(C(C)C)CCCC(C)(C)[C@@H]1CC2. The summed E-state index contributed by atoms with van der Waals surface area (Å²) < 4.78 is 11.7. The molecule has 0 aromatic heterocycles. The van der Waals surface area contributed by atoms with E-state index in [0.717, 1.165) is 36.8 Å². The van der Waals surface area contributed by atoms with Crippen molar-refractivity contribution in [1.82, 2.24) is 0 Å². The predicted octanol–water partition coefficient (Wildman–Crippen LogP) is 6.33. The van der Waals surface area contributed by atoms with E-state index in [1.807, 2.05) is 0 Å². The summed E-state index contributed by atoms with van der Waals surface area (Å²) in [5, 5.41) is 0. The average molecular weight is 415 g/mol. The molecular weight excluding hydrogens is 376 g/mol. The Morgan fingerprint density at radius 2 is 1.60 bits per heavy atom. The molecule has 1 aromatic rings. The van der Waals surface area contributed by atoms with Gasteiger partial charge in [-0.25, -0.2) is 0 Å². The van der Waals surface area contributed by atoms with Crippen LogP contribution in [0.15, 0.2) is 6.07 Å². The molecule has 4 nitrogen and oxygen atoms in total. The van der Waals surface area contributed by atoms with Crippen molar-refractivity contribution < 1.29 is 19.1 Å². The van der Waals surface area contributed by atoms with E-state index in [0.29, 0.717) is 23.3 Å². The van der Waals surface area contributed by atoms with Crippen LogP contribution in [0.2, 0.25) is 0 Å². The van der Waals surface area contributed by atoms with Crippen molar-refractivity contribution in [3.8, 4) is 11.5 Å². The molecule has 0 bridgehead atoms. The van der Waals surface area contributed by atoms with Crippen LogP contribution in [0, 0.1) is 17.3 Å². The van der Waals surface area contributed by atoms with Crippen molar-refractivity contribution in [2.45, 2.75) is 98.8 Å². The van der Waals surface area contributed by atoms with Crippen LogP contribution < -0.4 is 9.47 Å². The minimum absolute atomic E-state index is 0.0927. The highest BCUT2D eigenvalue weighted by molar-refractivity contribution is 5.77. The number of benzene rings is 1. The molecule has 2 aliphatic carbocycles. The topological polar surface area (TPSA) is 52.6 Å². The Balaban J connectivity index is 2.40. The van der Waals surface area contributed by atoms with Gasteiger partial charge in [0, 0.05) is 30.4 Å². The van der Waals surface area contributed by atoms with Gasteiger partial charge in [-0.3, -0.25) is 9.59 Å². The monoisotopic (exact) mass is 414 g/mol. The number of ether oxygens (including phenoxy) is 2. The molecule has 1 saturated carbocycles. The van der Waals surface area contributed by atoms with Crippen LogP contribution in [0.4, 0.5) is 0 Å². The second kappa shape index (κ2) is 8.01. The second-order valence-corrected chi connectivity index (χ2v) is 10.6. The van der Waals surface area contributed by atoms with E-state index in [-0.39, 0.29) is 28.7 Å². The number of rotatable bonds is 4. The maximum atomic E-state index is 12.2. The fourth-order valence-corrected chi connectivity index (χ4v) is 6.45. The number of hydrogen-bond donors (Lipinski definition) is 0. The van der Waals surface area contributed by atoms with Gasteiger partial charge in [0.25, 0.3) is 0 Å². The smallest absolute Gasteiger partial charge is 0.308 e. The molecule has 0 spiro atoms. The molecule has 2 atom stereocenters. The van der Waals surface area contributed by atoms with E-state index in [1.54, 1.807) is 0 Å². The molecule has 0 aliphatic heterocycles. The Bertz CT molecular complexity index is 849. The molecule has 2 aliphatic rings. The summed E-state index contributed by atoms with van der Waals surface area (Å²) in [5.74, 6) is 1.20. The molecule has 4 heteroatoms. The van der Waals surface area contributed by atoms with Gasteiger partial charge in [0.2, 0.25) is 0 Å². The van der Waals surface area contributed by atoms with Gasteiger partial charge >= 0.3 is 11.9 Å². The van der Waals surface area contributed by atoms with Crippen LogP contribution >= 0.6 is 0 Å². The number of fused-ring (bicyclic) bond motifs is 3. The van der Waals surface area contributed by atoms with Gasteiger partial charge in [-0.1, -0.05) is 54.0 Å². The van der Waals surface area contributed by atoms with Gasteiger partial charge in [0.15, 0.2) is 11.5 Å². The fraction of sp³-hybridized carbons (Fsp3) is 0.692. The zero-order valence-corrected chi connectivity index (χ0v) is 20.0. The van der Waals surface area contributed by atoms with E-state index >= 15 is 0 Å². The standard InChI is InChI=1S/C26H38O4/c1-15(2)20-14-19-10-11-21-25(7,8)12-9-13-26(21,16(3)4)22(19)24(30-18(6)28)23(20)29-17(5)27/h14-16,21H,9-13H2,1-8H3/t21-,26+/m0/s1. The molecule has 0 radical (unpaired) electrons. The first-order chi connectivity index (χ1) is 13.9. The molecule has 1 fully saturated rings. The van der Waals surface area contributed by atoms with Crippen LogP contribution in [-0.2, 0) is 21.4 Å². The van der Waals surface area contributed by atoms with Crippen LogP contribution in [-0.4, -0.2) is 11.9 Å². The Morgan fingerprint density at radius 1 is 1.00 bits per heavy atom. The number of carbonyl (C=O) groups excluding carboxylic acids is 2. The lowest BCUT2D eigenvalue weighted by molar-refractivity contribution is -0.135. The maximum Gasteiger partial charge on any atom is 0.308 e. The third-order valence-electron chi connectivity index (χ3n) is 7.63. The molecular formula is C26H38O4. The van der Waals surface area contributed by atoms with Gasteiger partial charge in [0.1, 0.15) is 0 Å². The first kappa shape index (κ1) is 22.8. The van der Waals surface area contributed by atoms with Crippen LogP contribution in [0.3, 0.4) is 0 Å². The van der Waals surface area contributed by atoms with E-state index in [4.69, 9.17) is 9.47 Å². The summed E-state index contributed by atoms with van der Waals surface area (Å²) in [5.41, 5.74) is 3.44. The van der Waals surface area contributed by atoms with E-state index in [9.17, 15) is 9.59 Å². The van der Waals surface area contributed by atoms with Crippen molar-refractivity contribution in [3.63, 3.8) is 0 Å². The van der Waals surface area contributed by atoms with Gasteiger partial charge < -0.3 is 9.47 Å². The summed E-state index contributed by atoms with van der Waals surface area (Å²) in [6.07, 6.45) is 5.54. The maximum absolute atomic E-state index is 12.2. The van der Waals surface area contributed by atoms with Crippen LogP contribution in [0.1, 0.15) is 104 Å². The van der Waals surface area contributed by atoms with Gasteiger partial charge in [-0.15, -0.1) is 0 Å². The highest BCUT2D eigenvalue weighted by Crippen LogP contribution is 2.63. The normalized spacial score (nSPS) is 24.9. The summed E-state index contributed by atoms with van der Waals surface area (Å²) in [4.78, 5) is 24.2. The summed E-state index contributed by atoms with van der Waals surface area (Å²) in [6.45, 7) is 16.4. The lowest BCUT2D eigenvalue weighted by Crippen LogP contribution is -2.53. The average Bonchev–Trinajstić information content (AvgIpc) is 2.61. The predicted molar refractivity (Wildman–Crippen MR) is 119 cm³/mol. The Hall–Kier alpha value is -1.84. The molecule has 166 valence electrons. The fourth-order valence-electron chi connectivity index (χ4n) is 6.45. The minimum atomic E-state index is -0.389. The highest BCUT2D eigenvalue weighted by Gasteiger charge is 2.56. The van der Waals surface area contributed by atoms with Gasteiger partial charge in [-0.05, 0) is 54.4 Å². The Morgan fingerprint density at radius 3 is 2.13 bits per heavy atom. The minimum Gasteiger partial charge on any atom is -0.422 e. The van der Waals surface area contributed by atoms with Gasteiger partial charge in [0.05, 0.1) is 0 Å². The quantitative estimate of drug-likeness (QED) is 0.427. The van der Waals surface area contributed by atoms with E-state index in [1.165, 1.54) is 25.8 Å². The lowest BCUT2D eigenvalue weighted by atomic mass is 9.46. The zero-order valence-electron chi connectivity index (χ0n) is 20.0. The van der Waals surface area contributed by atoms with E-state index < -0.39 is 0 Å². The third kappa shape index (κ3) is 3.67. The van der Waals surface area contributed by atoms with Crippen molar-refractivity contribution in [3.05, 3.63) is 22.8 Å². The summed E-state index contributed by atoms with van der Waals surface area (Å²) >= 11 is 0. The molecule has 0 saturated heterocycles. The van der Waals surface area contributed by atoms with Crippen molar-refractivity contribution in [2.75, 3.05) is 0 Å². The van der Waals surface area contributed by atoms with Crippen molar-refractivity contribution in [2.24, 2.45) is 17.3 Å². The molecule has 1 aromatic carbocycles. The third-order valence-corrected chi connectivity index (χ3v) is 7.63. The second-order valence-electron chi connectivity index (χ2n) is 10.6. The number of esters is 2. The number of hydrogen-bond acceptors (Lipinski definition) is 4. The largest absolute Gasteiger partial charge is 0.422 e. The number of carbonyl (C=O) groups is 2. The molecule has 30 heavy (non-hydrogen) atoms. The lowest BCUT2D eigenvalue weighted by Gasteiger charge is -2.58. The van der Waals surface area contributed by atoms with E-state index in [2.05, 4.69) is 47.6 Å². The molecule has 0 unspecified atom stereocenters.